The Morgan fingerprint density at radius 1 is 1.11 bits per heavy atom. The van der Waals surface area contributed by atoms with Gasteiger partial charge in [-0.1, -0.05) is 18.2 Å². The summed E-state index contributed by atoms with van der Waals surface area (Å²) in [6.45, 7) is 0. The van der Waals surface area contributed by atoms with Crippen molar-refractivity contribution in [2.45, 2.75) is 10.4 Å². The third-order valence-electron chi connectivity index (χ3n) is 2.31. The highest BCUT2D eigenvalue weighted by Crippen LogP contribution is 2.29. The minimum Gasteiger partial charge on any atom is -0.321 e. The van der Waals surface area contributed by atoms with E-state index in [1.165, 1.54) is 18.2 Å². The van der Waals surface area contributed by atoms with Crippen LogP contribution in [0.2, 0.25) is 0 Å². The fourth-order valence-electron chi connectivity index (χ4n) is 1.45. The van der Waals surface area contributed by atoms with Crippen molar-refractivity contribution in [3.8, 4) is 0 Å². The molecule has 96 valence electrons. The third kappa shape index (κ3) is 1.88. The van der Waals surface area contributed by atoms with Crippen LogP contribution in [0.25, 0.3) is 10.9 Å². The average molecular weight is 277 g/mol. The number of aromatic amines is 1. The van der Waals surface area contributed by atoms with Crippen molar-refractivity contribution in [1.29, 1.82) is 0 Å². The molecule has 0 aliphatic rings. The predicted molar refractivity (Wildman–Crippen MR) is 57.8 cm³/mol. The largest absolute Gasteiger partial charge is 0.502 e. The van der Waals surface area contributed by atoms with E-state index in [1.807, 2.05) is 0 Å². The maximum Gasteiger partial charge on any atom is 0.502 e. The highest BCUT2D eigenvalue weighted by molar-refractivity contribution is 7.92. The summed E-state index contributed by atoms with van der Waals surface area (Å²) in [5.41, 5.74) is -6.52. The number of H-pyrrole nitrogens is 1. The van der Waals surface area contributed by atoms with E-state index in [9.17, 15) is 26.4 Å². The van der Waals surface area contributed by atoms with Gasteiger partial charge in [0.15, 0.2) is 0 Å². The number of halogens is 3. The molecule has 4 nitrogen and oxygen atoms in total. The maximum atomic E-state index is 12.4. The quantitative estimate of drug-likeness (QED) is 0.864. The Bertz CT molecular complexity index is 762. The van der Waals surface area contributed by atoms with Gasteiger partial charge in [0.1, 0.15) is 4.90 Å². The molecule has 0 fully saturated rings. The molecule has 1 aromatic carbocycles. The molecule has 0 bridgehead atoms. The molecule has 0 atom stereocenters. The summed E-state index contributed by atoms with van der Waals surface area (Å²) in [4.78, 5) is 12.2. The summed E-state index contributed by atoms with van der Waals surface area (Å²) in [6.07, 6.45) is 0. The first kappa shape index (κ1) is 12.6. The van der Waals surface area contributed by atoms with E-state index in [4.69, 9.17) is 0 Å². The first-order valence-electron chi connectivity index (χ1n) is 4.67. The van der Waals surface area contributed by atoms with Crippen molar-refractivity contribution in [1.82, 2.24) is 4.98 Å². The normalized spacial score (nSPS) is 12.8. The molecule has 8 heteroatoms. The third-order valence-corrected chi connectivity index (χ3v) is 3.81. The smallest absolute Gasteiger partial charge is 0.321 e. The molecule has 0 aliphatic carbocycles. The SMILES string of the molecule is O=c1[nH]c2ccccc2cc1S(=O)(=O)C(F)(F)F. The van der Waals surface area contributed by atoms with Crippen molar-refractivity contribution in [2.24, 2.45) is 0 Å². The van der Waals surface area contributed by atoms with Gasteiger partial charge in [-0.15, -0.1) is 0 Å². The topological polar surface area (TPSA) is 67.0 Å². The lowest BCUT2D eigenvalue weighted by Gasteiger charge is -2.07. The van der Waals surface area contributed by atoms with Crippen molar-refractivity contribution < 1.29 is 21.6 Å². The first-order chi connectivity index (χ1) is 8.23. The molecule has 0 unspecified atom stereocenters. The molecule has 0 saturated heterocycles. The highest BCUT2D eigenvalue weighted by Gasteiger charge is 2.48. The highest BCUT2D eigenvalue weighted by atomic mass is 32.2. The van der Waals surface area contributed by atoms with Crippen molar-refractivity contribution in [3.05, 3.63) is 40.7 Å². The zero-order valence-corrected chi connectivity index (χ0v) is 9.47. The Kier molecular flexibility index (Phi) is 2.69. The zero-order valence-electron chi connectivity index (χ0n) is 8.65. The van der Waals surface area contributed by atoms with Crippen LogP contribution < -0.4 is 5.56 Å². The Morgan fingerprint density at radius 3 is 2.33 bits per heavy atom. The molecule has 0 radical (unpaired) electrons. The lowest BCUT2D eigenvalue weighted by molar-refractivity contribution is -0.0436. The van der Waals surface area contributed by atoms with Crippen LogP contribution in [0.5, 0.6) is 0 Å². The van der Waals surface area contributed by atoms with E-state index in [0.29, 0.717) is 0 Å². The van der Waals surface area contributed by atoms with Crippen LogP contribution in [-0.4, -0.2) is 18.9 Å². The van der Waals surface area contributed by atoms with Gasteiger partial charge in [-0.25, -0.2) is 8.42 Å². The number of alkyl halides is 3. The monoisotopic (exact) mass is 277 g/mol. The van der Waals surface area contributed by atoms with E-state index in [1.54, 1.807) is 6.07 Å². The number of benzene rings is 1. The summed E-state index contributed by atoms with van der Waals surface area (Å²) < 4.78 is 59.4. The summed E-state index contributed by atoms with van der Waals surface area (Å²) in [6, 6.07) is 6.67. The van der Waals surface area contributed by atoms with Crippen molar-refractivity contribution in [3.63, 3.8) is 0 Å². The molecular formula is C10H6F3NO3S. The minimum absolute atomic E-state index is 0.208. The maximum absolute atomic E-state index is 12.4. The van der Waals surface area contributed by atoms with Gasteiger partial charge in [-0.3, -0.25) is 4.79 Å². The molecule has 2 aromatic rings. The number of para-hydroxylation sites is 1. The first-order valence-corrected chi connectivity index (χ1v) is 6.15. The molecule has 0 saturated carbocycles. The summed E-state index contributed by atoms with van der Waals surface area (Å²) in [7, 11) is -5.64. The van der Waals surface area contributed by atoms with Gasteiger partial charge < -0.3 is 4.98 Å². The molecule has 2 rings (SSSR count). The molecule has 1 heterocycles. The summed E-state index contributed by atoms with van der Waals surface area (Å²) in [5.74, 6) is 0. The Balaban J connectivity index is 2.82. The van der Waals surface area contributed by atoms with E-state index < -0.39 is 25.8 Å². The summed E-state index contributed by atoms with van der Waals surface area (Å²) in [5, 5.41) is 0.208. The Labute approximate surface area is 99.0 Å². The Hall–Kier alpha value is -1.83. The predicted octanol–water partition coefficient (Wildman–Crippen LogP) is 1.82. The molecule has 1 aromatic heterocycles. The van der Waals surface area contributed by atoms with E-state index in [-0.39, 0.29) is 10.9 Å². The van der Waals surface area contributed by atoms with Gasteiger partial charge in [0.2, 0.25) is 0 Å². The van der Waals surface area contributed by atoms with Crippen LogP contribution in [0.15, 0.2) is 40.0 Å². The number of hydrogen-bond donors (Lipinski definition) is 1. The van der Waals surface area contributed by atoms with Crippen molar-refractivity contribution in [2.75, 3.05) is 0 Å². The van der Waals surface area contributed by atoms with Gasteiger partial charge in [0.25, 0.3) is 15.4 Å². The van der Waals surface area contributed by atoms with Gasteiger partial charge in [-0.2, -0.15) is 13.2 Å². The molecule has 0 amide bonds. The number of nitrogens with one attached hydrogen (secondary N) is 1. The molecular weight excluding hydrogens is 271 g/mol. The molecule has 0 aliphatic heterocycles. The number of rotatable bonds is 1. The van der Waals surface area contributed by atoms with Crippen LogP contribution in [0.4, 0.5) is 13.2 Å². The lowest BCUT2D eigenvalue weighted by Crippen LogP contribution is -2.29. The van der Waals surface area contributed by atoms with E-state index in [0.717, 1.165) is 6.07 Å². The Morgan fingerprint density at radius 2 is 1.72 bits per heavy atom. The molecule has 18 heavy (non-hydrogen) atoms. The fourth-order valence-corrected chi connectivity index (χ4v) is 2.28. The van der Waals surface area contributed by atoms with Gasteiger partial charge in [0, 0.05) is 5.52 Å². The number of fused-ring (bicyclic) bond motifs is 1. The number of hydrogen-bond acceptors (Lipinski definition) is 3. The van der Waals surface area contributed by atoms with Gasteiger partial charge in [-0.05, 0) is 17.5 Å². The molecule has 1 N–H and O–H groups in total. The van der Waals surface area contributed by atoms with E-state index >= 15 is 0 Å². The summed E-state index contributed by atoms with van der Waals surface area (Å²) >= 11 is 0. The molecule has 0 spiro atoms. The second-order valence-corrected chi connectivity index (χ2v) is 5.41. The number of pyridine rings is 1. The van der Waals surface area contributed by atoms with Crippen LogP contribution in [-0.2, 0) is 9.84 Å². The van der Waals surface area contributed by atoms with Crippen LogP contribution in [0.3, 0.4) is 0 Å². The standard InChI is InChI=1S/C10H6F3NO3S/c11-10(12,13)18(16,17)8-5-6-3-1-2-4-7(6)14-9(8)15/h1-5H,(H,14,15). The average Bonchev–Trinajstić information content (AvgIpc) is 2.26. The number of aromatic nitrogens is 1. The van der Waals surface area contributed by atoms with E-state index in [2.05, 4.69) is 4.98 Å². The van der Waals surface area contributed by atoms with Crippen LogP contribution in [0.1, 0.15) is 0 Å². The minimum atomic E-state index is -5.64. The zero-order chi connectivity index (χ0) is 13.6. The lowest BCUT2D eigenvalue weighted by atomic mass is 10.2. The second-order valence-electron chi connectivity index (χ2n) is 3.50. The second kappa shape index (κ2) is 3.84. The van der Waals surface area contributed by atoms with Crippen LogP contribution >= 0.6 is 0 Å². The van der Waals surface area contributed by atoms with Gasteiger partial charge in [0.05, 0.1) is 0 Å². The van der Waals surface area contributed by atoms with Crippen LogP contribution in [0, 0.1) is 0 Å². The van der Waals surface area contributed by atoms with Crippen molar-refractivity contribution >= 4 is 20.7 Å². The fraction of sp³-hybridized carbons (Fsp3) is 0.100. The van der Waals surface area contributed by atoms with Gasteiger partial charge >= 0.3 is 5.51 Å². The number of sulfone groups is 1.